The van der Waals surface area contributed by atoms with Gasteiger partial charge in [0, 0.05) is 12.6 Å². The summed E-state index contributed by atoms with van der Waals surface area (Å²) < 4.78 is 5.96. The fourth-order valence-corrected chi connectivity index (χ4v) is 4.20. The van der Waals surface area contributed by atoms with E-state index in [0.29, 0.717) is 6.10 Å². The quantitative estimate of drug-likeness (QED) is 0.742. The lowest BCUT2D eigenvalue weighted by atomic mass is 9.95. The molecule has 1 N–H and O–H groups in total. The van der Waals surface area contributed by atoms with Crippen LogP contribution in [0.1, 0.15) is 57.8 Å². The highest BCUT2D eigenvalue weighted by Gasteiger charge is 2.38. The van der Waals surface area contributed by atoms with Crippen molar-refractivity contribution < 1.29 is 4.74 Å². The normalized spacial score (nSPS) is 37.8. The minimum Gasteiger partial charge on any atom is -0.377 e. The molecule has 3 aliphatic carbocycles. The van der Waals surface area contributed by atoms with Crippen LogP contribution in [0.15, 0.2) is 0 Å². The second-order valence-electron chi connectivity index (χ2n) is 6.37. The molecule has 3 atom stereocenters. The maximum Gasteiger partial charge on any atom is 0.0594 e. The Morgan fingerprint density at radius 2 is 1.82 bits per heavy atom. The SMILES string of the molecule is C1CCC(OCCNC2CC3CCC2C3)CC1. The van der Waals surface area contributed by atoms with Gasteiger partial charge >= 0.3 is 0 Å². The van der Waals surface area contributed by atoms with Gasteiger partial charge in [0.25, 0.3) is 0 Å². The van der Waals surface area contributed by atoms with E-state index in [4.69, 9.17) is 4.74 Å². The van der Waals surface area contributed by atoms with Crippen LogP contribution in [0.4, 0.5) is 0 Å². The summed E-state index contributed by atoms with van der Waals surface area (Å²) in [5.41, 5.74) is 0. The van der Waals surface area contributed by atoms with Crippen molar-refractivity contribution in [2.24, 2.45) is 11.8 Å². The van der Waals surface area contributed by atoms with E-state index in [1.807, 2.05) is 0 Å². The van der Waals surface area contributed by atoms with Crippen LogP contribution in [0, 0.1) is 11.8 Å². The molecule has 0 amide bonds. The summed E-state index contributed by atoms with van der Waals surface area (Å²) in [7, 11) is 0. The van der Waals surface area contributed by atoms with E-state index in [-0.39, 0.29) is 0 Å². The van der Waals surface area contributed by atoms with Crippen LogP contribution in [-0.4, -0.2) is 25.3 Å². The number of hydrogen-bond donors (Lipinski definition) is 1. The molecule has 3 rings (SSSR count). The number of ether oxygens (including phenoxy) is 1. The highest BCUT2D eigenvalue weighted by atomic mass is 16.5. The molecule has 0 aliphatic heterocycles. The molecule has 3 unspecified atom stereocenters. The summed E-state index contributed by atoms with van der Waals surface area (Å²) in [5.74, 6) is 2.05. The third kappa shape index (κ3) is 3.03. The lowest BCUT2D eigenvalue weighted by Crippen LogP contribution is -2.36. The highest BCUT2D eigenvalue weighted by molar-refractivity contribution is 4.93. The van der Waals surface area contributed by atoms with Crippen LogP contribution in [0.25, 0.3) is 0 Å². The Morgan fingerprint density at radius 3 is 2.53 bits per heavy atom. The molecular formula is C15H27NO. The standard InChI is InChI=1S/C15H27NO/c1-2-4-14(5-3-1)17-9-8-16-15-11-12-6-7-13(15)10-12/h12-16H,1-11H2. The van der Waals surface area contributed by atoms with Crippen LogP contribution in [0.3, 0.4) is 0 Å². The van der Waals surface area contributed by atoms with Gasteiger partial charge in [-0.1, -0.05) is 25.7 Å². The Kier molecular flexibility index (Phi) is 4.02. The molecule has 3 aliphatic rings. The van der Waals surface area contributed by atoms with Crippen molar-refractivity contribution in [2.75, 3.05) is 13.2 Å². The molecule has 0 heterocycles. The van der Waals surface area contributed by atoms with E-state index in [0.717, 1.165) is 31.0 Å². The van der Waals surface area contributed by atoms with Crippen molar-refractivity contribution in [3.05, 3.63) is 0 Å². The van der Waals surface area contributed by atoms with E-state index in [9.17, 15) is 0 Å². The Labute approximate surface area is 105 Å². The molecule has 0 saturated heterocycles. The number of rotatable bonds is 5. The summed E-state index contributed by atoms with van der Waals surface area (Å²) in [6.07, 6.45) is 13.3. The third-order valence-electron chi connectivity index (χ3n) is 5.15. The van der Waals surface area contributed by atoms with Crippen molar-refractivity contribution in [3.8, 4) is 0 Å². The second kappa shape index (κ2) is 5.71. The van der Waals surface area contributed by atoms with Crippen LogP contribution in [-0.2, 0) is 4.74 Å². The van der Waals surface area contributed by atoms with Gasteiger partial charge in [-0.3, -0.25) is 0 Å². The van der Waals surface area contributed by atoms with Gasteiger partial charge in [-0.2, -0.15) is 0 Å². The van der Waals surface area contributed by atoms with E-state index < -0.39 is 0 Å². The lowest BCUT2D eigenvalue weighted by molar-refractivity contribution is 0.0287. The first-order chi connectivity index (χ1) is 8.42. The van der Waals surface area contributed by atoms with Crippen LogP contribution in [0.2, 0.25) is 0 Å². The maximum atomic E-state index is 5.96. The summed E-state index contributed by atoms with van der Waals surface area (Å²) in [4.78, 5) is 0. The third-order valence-corrected chi connectivity index (χ3v) is 5.15. The zero-order chi connectivity index (χ0) is 11.5. The second-order valence-corrected chi connectivity index (χ2v) is 6.37. The molecule has 2 heteroatoms. The average Bonchev–Trinajstić information content (AvgIpc) is 2.98. The zero-order valence-electron chi connectivity index (χ0n) is 11.0. The molecule has 98 valence electrons. The molecule has 17 heavy (non-hydrogen) atoms. The predicted molar refractivity (Wildman–Crippen MR) is 70.1 cm³/mol. The molecule has 0 aromatic carbocycles. The molecular weight excluding hydrogens is 210 g/mol. The average molecular weight is 237 g/mol. The van der Waals surface area contributed by atoms with Crippen molar-refractivity contribution >= 4 is 0 Å². The van der Waals surface area contributed by atoms with Crippen molar-refractivity contribution in [2.45, 2.75) is 69.9 Å². The van der Waals surface area contributed by atoms with Gasteiger partial charge in [0.15, 0.2) is 0 Å². The van der Waals surface area contributed by atoms with Crippen LogP contribution >= 0.6 is 0 Å². The Hall–Kier alpha value is -0.0800. The largest absolute Gasteiger partial charge is 0.377 e. The molecule has 2 bridgehead atoms. The Balaban J connectivity index is 1.28. The summed E-state index contributed by atoms with van der Waals surface area (Å²) in [5, 5.41) is 3.73. The van der Waals surface area contributed by atoms with Gasteiger partial charge in [0.2, 0.25) is 0 Å². The first-order valence-corrected chi connectivity index (χ1v) is 7.77. The molecule has 0 aromatic heterocycles. The van der Waals surface area contributed by atoms with Gasteiger partial charge < -0.3 is 10.1 Å². The van der Waals surface area contributed by atoms with Gasteiger partial charge in [-0.05, 0) is 43.9 Å². The van der Waals surface area contributed by atoms with Gasteiger partial charge in [-0.15, -0.1) is 0 Å². The van der Waals surface area contributed by atoms with Crippen molar-refractivity contribution in [1.82, 2.24) is 5.32 Å². The fraction of sp³-hybridized carbons (Fsp3) is 1.00. The van der Waals surface area contributed by atoms with Crippen molar-refractivity contribution in [3.63, 3.8) is 0 Å². The van der Waals surface area contributed by atoms with Crippen LogP contribution < -0.4 is 5.32 Å². The first kappa shape index (κ1) is 12.0. The van der Waals surface area contributed by atoms with Crippen LogP contribution in [0.5, 0.6) is 0 Å². The summed E-state index contributed by atoms with van der Waals surface area (Å²) >= 11 is 0. The van der Waals surface area contributed by atoms with E-state index in [1.54, 1.807) is 0 Å². The van der Waals surface area contributed by atoms with Crippen molar-refractivity contribution in [1.29, 1.82) is 0 Å². The number of fused-ring (bicyclic) bond motifs is 2. The van der Waals surface area contributed by atoms with Gasteiger partial charge in [0.05, 0.1) is 12.7 Å². The maximum absolute atomic E-state index is 5.96. The summed E-state index contributed by atoms with van der Waals surface area (Å²) in [6.45, 7) is 2.00. The van der Waals surface area contributed by atoms with E-state index in [1.165, 1.54) is 57.8 Å². The summed E-state index contributed by atoms with van der Waals surface area (Å²) in [6, 6.07) is 0.823. The molecule has 0 radical (unpaired) electrons. The molecule has 2 nitrogen and oxygen atoms in total. The molecule has 3 saturated carbocycles. The van der Waals surface area contributed by atoms with Gasteiger partial charge in [-0.25, -0.2) is 0 Å². The van der Waals surface area contributed by atoms with E-state index >= 15 is 0 Å². The lowest BCUT2D eigenvalue weighted by Gasteiger charge is -2.25. The predicted octanol–water partition coefficient (Wildman–Crippen LogP) is 3.11. The first-order valence-electron chi connectivity index (χ1n) is 7.77. The van der Waals surface area contributed by atoms with Gasteiger partial charge in [0.1, 0.15) is 0 Å². The Morgan fingerprint density at radius 1 is 0.941 bits per heavy atom. The Bertz CT molecular complexity index is 237. The zero-order valence-corrected chi connectivity index (χ0v) is 11.0. The molecule has 3 fully saturated rings. The minimum atomic E-state index is 0.575. The topological polar surface area (TPSA) is 21.3 Å². The monoisotopic (exact) mass is 237 g/mol. The number of hydrogen-bond acceptors (Lipinski definition) is 2. The minimum absolute atomic E-state index is 0.575. The fourth-order valence-electron chi connectivity index (χ4n) is 4.20. The highest BCUT2D eigenvalue weighted by Crippen LogP contribution is 2.44. The van der Waals surface area contributed by atoms with E-state index in [2.05, 4.69) is 5.32 Å². The molecule has 0 aromatic rings. The smallest absolute Gasteiger partial charge is 0.0594 e. The molecule has 0 spiro atoms. The number of nitrogens with one attached hydrogen (secondary N) is 1.